The Bertz CT molecular complexity index is 600. The lowest BCUT2D eigenvalue weighted by atomic mass is 10.0. The first-order valence-corrected chi connectivity index (χ1v) is 10.5. The number of aromatic amines is 1. The first-order chi connectivity index (χ1) is 10.4. The zero-order chi connectivity index (χ0) is 15.7. The highest BCUT2D eigenvalue weighted by atomic mass is 32.2. The molecule has 0 amide bonds. The Kier molecular flexibility index (Phi) is 4.59. The normalized spacial score (nSPS) is 24.4. The highest BCUT2D eigenvalue weighted by Crippen LogP contribution is 2.32. The number of rotatable bonds is 5. The van der Waals surface area contributed by atoms with Crippen molar-refractivity contribution in [2.45, 2.75) is 51.5 Å². The molecule has 1 N–H and O–H groups in total. The van der Waals surface area contributed by atoms with Crippen molar-refractivity contribution in [3.63, 3.8) is 0 Å². The summed E-state index contributed by atoms with van der Waals surface area (Å²) < 4.78 is 22.9. The van der Waals surface area contributed by atoms with E-state index in [9.17, 15) is 8.42 Å². The second-order valence-electron chi connectivity index (χ2n) is 7.10. The first-order valence-electron chi connectivity index (χ1n) is 8.42. The molecule has 0 saturated carbocycles. The molecule has 124 valence electrons. The number of fused-ring (bicyclic) bond motifs is 1. The van der Waals surface area contributed by atoms with Gasteiger partial charge in [0, 0.05) is 18.5 Å². The molecule has 2 atom stereocenters. The number of hydrogen-bond donors (Lipinski definition) is 1. The van der Waals surface area contributed by atoms with Gasteiger partial charge in [0.1, 0.15) is 15.7 Å². The number of aromatic nitrogens is 2. The van der Waals surface area contributed by atoms with Gasteiger partial charge in [-0.3, -0.25) is 4.90 Å². The molecule has 6 heteroatoms. The largest absolute Gasteiger partial charge is 0.344 e. The highest BCUT2D eigenvalue weighted by Gasteiger charge is 2.31. The van der Waals surface area contributed by atoms with Gasteiger partial charge in [-0.2, -0.15) is 0 Å². The summed E-state index contributed by atoms with van der Waals surface area (Å²) in [6.45, 7) is 3.91. The lowest BCUT2D eigenvalue weighted by Crippen LogP contribution is -2.31. The van der Waals surface area contributed by atoms with Crippen LogP contribution in [0.1, 0.15) is 55.9 Å². The van der Waals surface area contributed by atoms with Gasteiger partial charge in [0.05, 0.1) is 17.5 Å². The Balaban J connectivity index is 1.69. The minimum absolute atomic E-state index is 0.167. The summed E-state index contributed by atoms with van der Waals surface area (Å²) in [6, 6.07) is 0.340. The van der Waals surface area contributed by atoms with Crippen molar-refractivity contribution >= 4 is 9.84 Å². The molecule has 22 heavy (non-hydrogen) atoms. The molecular formula is C16H27N3O2S. The number of aryl methyl sites for hydroxylation is 2. The van der Waals surface area contributed by atoms with Gasteiger partial charge in [-0.15, -0.1) is 0 Å². The average molecular weight is 325 g/mol. The van der Waals surface area contributed by atoms with Gasteiger partial charge in [-0.25, -0.2) is 13.4 Å². The van der Waals surface area contributed by atoms with Crippen LogP contribution in [0.15, 0.2) is 0 Å². The van der Waals surface area contributed by atoms with Crippen LogP contribution in [0.25, 0.3) is 0 Å². The molecule has 2 heterocycles. The summed E-state index contributed by atoms with van der Waals surface area (Å²) in [5.74, 6) is 1.54. The first kappa shape index (κ1) is 16.0. The van der Waals surface area contributed by atoms with Gasteiger partial charge in [0.25, 0.3) is 0 Å². The third-order valence-electron chi connectivity index (χ3n) is 4.79. The fourth-order valence-electron chi connectivity index (χ4n) is 3.96. The van der Waals surface area contributed by atoms with Gasteiger partial charge < -0.3 is 4.98 Å². The molecule has 0 radical (unpaired) electrons. The Morgan fingerprint density at radius 2 is 2.09 bits per heavy atom. The molecule has 0 aromatic carbocycles. The smallest absolute Gasteiger partial charge is 0.147 e. The van der Waals surface area contributed by atoms with E-state index < -0.39 is 9.84 Å². The standard InChI is InChI=1S/C16H27N3O2S/c1-12(11-22(2,20)21)10-19-9-5-8-15(19)16-17-13-6-3-4-7-14(13)18-16/h12,15H,3-11H2,1-2H3,(H,17,18). The van der Waals surface area contributed by atoms with Crippen LogP contribution in [-0.4, -0.2) is 48.4 Å². The van der Waals surface area contributed by atoms with E-state index in [-0.39, 0.29) is 11.7 Å². The minimum atomic E-state index is -2.90. The quantitative estimate of drug-likeness (QED) is 0.900. The van der Waals surface area contributed by atoms with E-state index in [1.807, 2.05) is 6.92 Å². The van der Waals surface area contributed by atoms with Crippen LogP contribution in [0.3, 0.4) is 0 Å². The maximum absolute atomic E-state index is 11.5. The van der Waals surface area contributed by atoms with E-state index in [0.717, 1.165) is 38.2 Å². The molecule has 1 aromatic heterocycles. The maximum Gasteiger partial charge on any atom is 0.147 e. The third kappa shape index (κ3) is 3.71. The highest BCUT2D eigenvalue weighted by molar-refractivity contribution is 7.90. The van der Waals surface area contributed by atoms with E-state index >= 15 is 0 Å². The molecule has 2 unspecified atom stereocenters. The van der Waals surface area contributed by atoms with Crippen LogP contribution >= 0.6 is 0 Å². The van der Waals surface area contributed by atoms with Crippen molar-refractivity contribution in [1.82, 2.24) is 14.9 Å². The fraction of sp³-hybridized carbons (Fsp3) is 0.812. The van der Waals surface area contributed by atoms with Gasteiger partial charge in [-0.1, -0.05) is 6.92 Å². The van der Waals surface area contributed by atoms with E-state index in [1.54, 1.807) is 0 Å². The fourth-order valence-corrected chi connectivity index (χ4v) is 5.10. The molecule has 1 aliphatic heterocycles. The van der Waals surface area contributed by atoms with Crippen molar-refractivity contribution in [3.05, 3.63) is 17.2 Å². The van der Waals surface area contributed by atoms with Gasteiger partial charge in [0.2, 0.25) is 0 Å². The van der Waals surface area contributed by atoms with E-state index in [1.165, 1.54) is 36.9 Å². The molecular weight excluding hydrogens is 298 g/mol. The summed E-state index contributed by atoms with van der Waals surface area (Å²) in [5.41, 5.74) is 2.59. The SMILES string of the molecule is CC(CN1CCCC1c1nc2c([nH]1)CCCC2)CS(C)(=O)=O. The van der Waals surface area contributed by atoms with Gasteiger partial charge in [0.15, 0.2) is 0 Å². The number of nitrogens with zero attached hydrogens (tertiary/aromatic N) is 2. The number of imidazole rings is 1. The number of sulfone groups is 1. The van der Waals surface area contributed by atoms with Crippen LogP contribution in [0.4, 0.5) is 0 Å². The van der Waals surface area contributed by atoms with Crippen molar-refractivity contribution in [1.29, 1.82) is 0 Å². The lowest BCUT2D eigenvalue weighted by Gasteiger charge is -2.25. The Labute approximate surface area is 133 Å². The monoisotopic (exact) mass is 325 g/mol. The van der Waals surface area contributed by atoms with Crippen LogP contribution in [0, 0.1) is 5.92 Å². The Hall–Kier alpha value is -0.880. The molecule has 0 spiro atoms. The second-order valence-corrected chi connectivity index (χ2v) is 9.29. The van der Waals surface area contributed by atoms with Crippen LogP contribution in [-0.2, 0) is 22.7 Å². The number of H-pyrrole nitrogens is 1. The molecule has 1 fully saturated rings. The molecule has 1 saturated heterocycles. The van der Waals surface area contributed by atoms with E-state index in [4.69, 9.17) is 4.98 Å². The second kappa shape index (κ2) is 6.32. The number of hydrogen-bond acceptors (Lipinski definition) is 4. The summed E-state index contributed by atoms with van der Waals surface area (Å²) >= 11 is 0. The Morgan fingerprint density at radius 1 is 1.32 bits per heavy atom. The molecule has 1 aromatic rings. The summed E-state index contributed by atoms with van der Waals surface area (Å²) in [5, 5.41) is 0. The lowest BCUT2D eigenvalue weighted by molar-refractivity contribution is 0.223. The van der Waals surface area contributed by atoms with Gasteiger partial charge >= 0.3 is 0 Å². The predicted octanol–water partition coefficient (Wildman–Crippen LogP) is 2.11. The van der Waals surface area contributed by atoms with Crippen molar-refractivity contribution in [2.24, 2.45) is 5.92 Å². The summed E-state index contributed by atoms with van der Waals surface area (Å²) in [7, 11) is -2.90. The van der Waals surface area contributed by atoms with Crippen LogP contribution < -0.4 is 0 Å². The summed E-state index contributed by atoms with van der Waals surface area (Å²) in [6.07, 6.45) is 8.35. The maximum atomic E-state index is 11.5. The van der Waals surface area contributed by atoms with Crippen LogP contribution in [0.5, 0.6) is 0 Å². The zero-order valence-corrected chi connectivity index (χ0v) is 14.5. The third-order valence-corrected chi connectivity index (χ3v) is 5.96. The van der Waals surface area contributed by atoms with E-state index in [2.05, 4.69) is 9.88 Å². The van der Waals surface area contributed by atoms with Gasteiger partial charge in [-0.05, 0) is 51.0 Å². The number of nitrogens with one attached hydrogen (secondary N) is 1. The van der Waals surface area contributed by atoms with Crippen molar-refractivity contribution in [2.75, 3.05) is 25.1 Å². The summed E-state index contributed by atoms with van der Waals surface area (Å²) in [4.78, 5) is 10.8. The molecule has 0 bridgehead atoms. The molecule has 3 rings (SSSR count). The zero-order valence-electron chi connectivity index (χ0n) is 13.6. The minimum Gasteiger partial charge on any atom is -0.344 e. The predicted molar refractivity (Wildman–Crippen MR) is 87.7 cm³/mol. The average Bonchev–Trinajstić information content (AvgIpc) is 3.01. The topological polar surface area (TPSA) is 66.1 Å². The number of likely N-dealkylation sites (tertiary alicyclic amines) is 1. The van der Waals surface area contributed by atoms with Crippen LogP contribution in [0.2, 0.25) is 0 Å². The van der Waals surface area contributed by atoms with E-state index in [0.29, 0.717) is 6.04 Å². The molecule has 1 aliphatic carbocycles. The van der Waals surface area contributed by atoms with Crippen molar-refractivity contribution in [3.8, 4) is 0 Å². The molecule has 5 nitrogen and oxygen atoms in total. The Morgan fingerprint density at radius 3 is 2.82 bits per heavy atom. The molecule has 2 aliphatic rings. The van der Waals surface area contributed by atoms with Crippen molar-refractivity contribution < 1.29 is 8.42 Å².